The monoisotopic (exact) mass is 470 g/mol. The van der Waals surface area contributed by atoms with Gasteiger partial charge in [0.2, 0.25) is 0 Å². The third-order valence-electron chi connectivity index (χ3n) is 6.18. The summed E-state index contributed by atoms with van der Waals surface area (Å²) in [4.78, 5) is 15.3. The van der Waals surface area contributed by atoms with Crippen LogP contribution in [0.1, 0.15) is 27.8 Å². The zero-order valence-corrected chi connectivity index (χ0v) is 20.0. The van der Waals surface area contributed by atoms with Gasteiger partial charge in [0.15, 0.2) is 0 Å². The lowest BCUT2D eigenvalue weighted by Gasteiger charge is -2.18. The van der Waals surface area contributed by atoms with Crippen LogP contribution in [0.5, 0.6) is 0 Å². The first-order valence-electron chi connectivity index (χ1n) is 11.8. The number of benzene rings is 4. The quantitative estimate of drug-likeness (QED) is 0.319. The highest BCUT2D eigenvalue weighted by Crippen LogP contribution is 2.38. The normalized spacial score (nSPS) is 13.6. The molecule has 0 spiro atoms. The van der Waals surface area contributed by atoms with Gasteiger partial charge in [-0.15, -0.1) is 0 Å². The van der Waals surface area contributed by atoms with Crippen LogP contribution in [0.3, 0.4) is 0 Å². The summed E-state index contributed by atoms with van der Waals surface area (Å²) in [5, 5.41) is 15.8. The summed E-state index contributed by atoms with van der Waals surface area (Å²) in [5.74, 6) is -0.189. The van der Waals surface area contributed by atoms with Crippen molar-refractivity contribution in [2.24, 2.45) is 0 Å². The first kappa shape index (κ1) is 23.1. The van der Waals surface area contributed by atoms with E-state index in [9.17, 15) is 10.1 Å². The number of carbonyl (C=O) groups excluding carboxylic acids is 1. The van der Waals surface area contributed by atoms with Crippen LogP contribution < -0.4 is 10.6 Å². The van der Waals surface area contributed by atoms with Crippen molar-refractivity contribution >= 4 is 28.6 Å². The Morgan fingerprint density at radius 2 is 1.50 bits per heavy atom. The van der Waals surface area contributed by atoms with Crippen LogP contribution in [-0.2, 0) is 17.9 Å². The van der Waals surface area contributed by atoms with Crippen molar-refractivity contribution in [2.45, 2.75) is 13.1 Å². The molecule has 0 radical (unpaired) electrons. The predicted octanol–water partition coefficient (Wildman–Crippen LogP) is 6.12. The maximum absolute atomic E-state index is 13.1. The molecule has 0 unspecified atom stereocenters. The Morgan fingerprint density at radius 1 is 0.861 bits per heavy atom. The summed E-state index contributed by atoms with van der Waals surface area (Å²) < 4.78 is 0. The van der Waals surface area contributed by atoms with E-state index in [1.54, 1.807) is 18.2 Å². The van der Waals surface area contributed by atoms with E-state index in [0.29, 0.717) is 22.5 Å². The first-order valence-corrected chi connectivity index (χ1v) is 11.8. The molecule has 2 N–H and O–H groups in total. The van der Waals surface area contributed by atoms with Crippen molar-refractivity contribution in [1.29, 1.82) is 5.26 Å². The van der Waals surface area contributed by atoms with Crippen molar-refractivity contribution in [3.63, 3.8) is 0 Å². The number of nitriles is 1. The van der Waals surface area contributed by atoms with E-state index in [0.717, 1.165) is 29.9 Å². The average Bonchev–Trinajstić information content (AvgIpc) is 3.23. The topological polar surface area (TPSA) is 68.2 Å². The number of carbonyl (C=O) groups is 1. The fraction of sp³-hybridized carbons (Fsp3) is 0.0968. The van der Waals surface area contributed by atoms with Crippen molar-refractivity contribution in [3.8, 4) is 6.07 Å². The van der Waals surface area contributed by atoms with Crippen LogP contribution in [-0.4, -0.2) is 17.9 Å². The van der Waals surface area contributed by atoms with Crippen LogP contribution in [0.4, 0.5) is 11.4 Å². The van der Waals surface area contributed by atoms with Gasteiger partial charge in [-0.25, -0.2) is 0 Å². The molecule has 0 fully saturated rings. The Morgan fingerprint density at radius 3 is 2.17 bits per heavy atom. The number of fused-ring (bicyclic) bond motifs is 1. The number of amides is 1. The molecular weight excluding hydrogens is 444 g/mol. The maximum atomic E-state index is 13.1. The van der Waals surface area contributed by atoms with Gasteiger partial charge in [-0.1, -0.05) is 72.8 Å². The molecular formula is C31H26N4O. The van der Waals surface area contributed by atoms with Gasteiger partial charge in [0.25, 0.3) is 5.91 Å². The second kappa shape index (κ2) is 10.3. The highest BCUT2D eigenvalue weighted by atomic mass is 16.2. The SMILES string of the molecule is CN(Cc1ccccc1)Cc1ccc(N/C(=C2\C(=O)Nc3ccc(C#N)cc32)c2ccccc2)cc1. The first-order chi connectivity index (χ1) is 17.6. The molecule has 5 nitrogen and oxygen atoms in total. The predicted molar refractivity (Wildman–Crippen MR) is 145 cm³/mol. The molecule has 1 amide bonds. The molecule has 4 aromatic rings. The minimum Gasteiger partial charge on any atom is -0.354 e. The summed E-state index contributed by atoms with van der Waals surface area (Å²) >= 11 is 0. The number of hydrogen-bond acceptors (Lipinski definition) is 4. The number of anilines is 2. The third kappa shape index (κ3) is 5.05. The van der Waals surface area contributed by atoms with Crippen molar-refractivity contribution in [2.75, 3.05) is 17.7 Å². The van der Waals surface area contributed by atoms with Gasteiger partial charge >= 0.3 is 0 Å². The summed E-state index contributed by atoms with van der Waals surface area (Å²) in [5.41, 5.74) is 7.45. The van der Waals surface area contributed by atoms with Crippen LogP contribution in [0.2, 0.25) is 0 Å². The Labute approximate surface area is 211 Å². The summed E-state index contributed by atoms with van der Waals surface area (Å²) in [7, 11) is 2.11. The van der Waals surface area contributed by atoms with E-state index in [1.165, 1.54) is 11.1 Å². The molecule has 0 saturated heterocycles. The van der Waals surface area contributed by atoms with Crippen LogP contribution in [0, 0.1) is 11.3 Å². The van der Waals surface area contributed by atoms with Crippen molar-refractivity contribution < 1.29 is 4.79 Å². The summed E-state index contributed by atoms with van der Waals surface area (Å²) in [6.07, 6.45) is 0. The molecule has 0 aromatic heterocycles. The zero-order valence-electron chi connectivity index (χ0n) is 20.0. The molecule has 176 valence electrons. The van der Waals surface area contributed by atoms with Crippen LogP contribution in [0.15, 0.2) is 103 Å². The minimum atomic E-state index is -0.189. The van der Waals surface area contributed by atoms with E-state index in [-0.39, 0.29) is 5.91 Å². The Kier molecular flexibility index (Phi) is 6.61. The standard InChI is InChI=1S/C31H26N4O/c1-35(20-22-8-4-2-5-9-22)21-23-12-15-26(16-13-23)33-30(25-10-6-3-7-11-25)29-27-18-24(19-32)14-17-28(27)34-31(29)36/h2-18,33H,20-21H2,1H3,(H,34,36)/b30-29-. The second-order valence-electron chi connectivity index (χ2n) is 8.92. The van der Waals surface area contributed by atoms with E-state index < -0.39 is 0 Å². The van der Waals surface area contributed by atoms with E-state index >= 15 is 0 Å². The lowest BCUT2D eigenvalue weighted by Crippen LogP contribution is -2.17. The van der Waals surface area contributed by atoms with Gasteiger partial charge in [0.05, 0.1) is 22.9 Å². The highest BCUT2D eigenvalue weighted by Gasteiger charge is 2.28. The van der Waals surface area contributed by atoms with Gasteiger partial charge in [0, 0.05) is 30.0 Å². The summed E-state index contributed by atoms with van der Waals surface area (Å²) in [6, 6.07) is 35.9. The fourth-order valence-corrected chi connectivity index (χ4v) is 4.47. The van der Waals surface area contributed by atoms with Gasteiger partial charge < -0.3 is 10.6 Å². The van der Waals surface area contributed by atoms with Crippen molar-refractivity contribution in [1.82, 2.24) is 4.90 Å². The lowest BCUT2D eigenvalue weighted by atomic mass is 9.98. The number of rotatable bonds is 7. The molecule has 1 aliphatic heterocycles. The molecule has 5 rings (SSSR count). The highest BCUT2D eigenvalue weighted by molar-refractivity contribution is 6.37. The average molecular weight is 471 g/mol. The third-order valence-corrected chi connectivity index (χ3v) is 6.18. The zero-order chi connectivity index (χ0) is 24.9. The van der Waals surface area contributed by atoms with E-state index in [4.69, 9.17) is 0 Å². The van der Waals surface area contributed by atoms with Crippen LogP contribution in [0.25, 0.3) is 11.3 Å². The second-order valence-corrected chi connectivity index (χ2v) is 8.92. The molecule has 36 heavy (non-hydrogen) atoms. The Hall–Kier alpha value is -4.66. The van der Waals surface area contributed by atoms with Crippen molar-refractivity contribution in [3.05, 3.63) is 131 Å². The Bertz CT molecular complexity index is 1450. The molecule has 1 aliphatic rings. The summed E-state index contributed by atoms with van der Waals surface area (Å²) in [6.45, 7) is 1.71. The van der Waals surface area contributed by atoms with Crippen LogP contribution >= 0.6 is 0 Å². The smallest absolute Gasteiger partial charge is 0.258 e. The van der Waals surface area contributed by atoms with Gasteiger partial charge in [-0.2, -0.15) is 5.26 Å². The number of nitrogens with zero attached hydrogens (tertiary/aromatic N) is 2. The minimum absolute atomic E-state index is 0.189. The molecule has 1 heterocycles. The molecule has 0 atom stereocenters. The van der Waals surface area contributed by atoms with Gasteiger partial charge in [0.1, 0.15) is 0 Å². The molecule has 0 aliphatic carbocycles. The van der Waals surface area contributed by atoms with Gasteiger partial charge in [-0.3, -0.25) is 9.69 Å². The maximum Gasteiger partial charge on any atom is 0.258 e. The number of hydrogen-bond donors (Lipinski definition) is 2. The molecule has 0 bridgehead atoms. The van der Waals surface area contributed by atoms with Gasteiger partial charge in [-0.05, 0) is 54.1 Å². The lowest BCUT2D eigenvalue weighted by molar-refractivity contribution is -0.110. The molecule has 5 heteroatoms. The fourth-order valence-electron chi connectivity index (χ4n) is 4.47. The van der Waals surface area contributed by atoms with E-state index in [2.05, 4.69) is 65.0 Å². The number of nitrogens with one attached hydrogen (secondary N) is 2. The molecule has 4 aromatic carbocycles. The molecule has 0 saturated carbocycles. The largest absolute Gasteiger partial charge is 0.354 e. The Balaban J connectivity index is 1.43. The van der Waals surface area contributed by atoms with E-state index in [1.807, 2.05) is 48.5 Å².